The predicted molar refractivity (Wildman–Crippen MR) is 56.0 cm³/mol. The van der Waals surface area contributed by atoms with Crippen LogP contribution in [0.25, 0.3) is 0 Å². The summed E-state index contributed by atoms with van der Waals surface area (Å²) in [6.07, 6.45) is 3.64. The van der Waals surface area contributed by atoms with Gasteiger partial charge in [0, 0.05) is 20.5 Å². The molecule has 0 saturated heterocycles. The summed E-state index contributed by atoms with van der Waals surface area (Å²) >= 11 is 2.38. The Kier molecular flexibility index (Phi) is 7.01. The monoisotopic (exact) mass is 269 g/mol. The number of carbonyl (C=O) groups excluding carboxylic acids is 1. The van der Waals surface area contributed by atoms with Gasteiger partial charge in [-0.15, -0.1) is 0 Å². The van der Waals surface area contributed by atoms with Crippen LogP contribution in [0.15, 0.2) is 0 Å². The maximum Gasteiger partial charge on any atom is 0.219 e. The largest absolute Gasteiger partial charge is 0.346 e. The summed E-state index contributed by atoms with van der Waals surface area (Å²) in [6, 6.07) is 0. The highest BCUT2D eigenvalue weighted by Gasteiger charge is 1.99. The van der Waals surface area contributed by atoms with E-state index < -0.39 is 0 Å². The summed E-state index contributed by atoms with van der Waals surface area (Å²) in [6.45, 7) is 2.52. The SMILES string of the molecule is CC(=O)N(C)CCCCCI. The number of alkyl halides is 1. The second-order valence-electron chi connectivity index (χ2n) is 2.69. The normalized spacial score (nSPS) is 9.73. The van der Waals surface area contributed by atoms with E-state index >= 15 is 0 Å². The van der Waals surface area contributed by atoms with Gasteiger partial charge in [-0.1, -0.05) is 29.0 Å². The quantitative estimate of drug-likeness (QED) is 0.425. The number of unbranched alkanes of at least 4 members (excludes halogenated alkanes) is 2. The van der Waals surface area contributed by atoms with Crippen LogP contribution in [0.2, 0.25) is 0 Å². The van der Waals surface area contributed by atoms with Crippen molar-refractivity contribution in [2.45, 2.75) is 26.2 Å². The van der Waals surface area contributed by atoms with Gasteiger partial charge in [0.25, 0.3) is 0 Å². The number of rotatable bonds is 5. The summed E-state index contributed by atoms with van der Waals surface area (Å²) in [5.41, 5.74) is 0. The Morgan fingerprint density at radius 3 is 2.45 bits per heavy atom. The lowest BCUT2D eigenvalue weighted by atomic mass is 10.2. The smallest absolute Gasteiger partial charge is 0.219 e. The molecule has 1 amide bonds. The van der Waals surface area contributed by atoms with Gasteiger partial charge in [0.05, 0.1) is 0 Å². The summed E-state index contributed by atoms with van der Waals surface area (Å²) in [5.74, 6) is 0.166. The van der Waals surface area contributed by atoms with Crippen LogP contribution in [0.1, 0.15) is 26.2 Å². The molecule has 0 aliphatic rings. The zero-order valence-electron chi connectivity index (χ0n) is 7.27. The summed E-state index contributed by atoms with van der Waals surface area (Å²) in [7, 11) is 1.85. The summed E-state index contributed by atoms with van der Waals surface area (Å²) in [4.78, 5) is 12.5. The Hall–Kier alpha value is 0.200. The van der Waals surface area contributed by atoms with Crippen LogP contribution >= 0.6 is 22.6 Å². The summed E-state index contributed by atoms with van der Waals surface area (Å²) in [5, 5.41) is 0. The molecule has 2 nitrogen and oxygen atoms in total. The fourth-order valence-electron chi connectivity index (χ4n) is 0.778. The van der Waals surface area contributed by atoms with E-state index in [0.29, 0.717) is 0 Å². The molecule has 0 aromatic heterocycles. The molecule has 0 bridgehead atoms. The van der Waals surface area contributed by atoms with Gasteiger partial charge in [-0.2, -0.15) is 0 Å². The predicted octanol–water partition coefficient (Wildman–Crippen LogP) is 2.07. The number of hydrogen-bond acceptors (Lipinski definition) is 1. The van der Waals surface area contributed by atoms with E-state index in [2.05, 4.69) is 22.6 Å². The third-order valence-electron chi connectivity index (χ3n) is 1.66. The molecule has 0 atom stereocenters. The molecule has 0 aliphatic heterocycles. The van der Waals surface area contributed by atoms with Gasteiger partial charge < -0.3 is 4.90 Å². The third-order valence-corrected chi connectivity index (χ3v) is 2.43. The highest BCUT2D eigenvalue weighted by molar-refractivity contribution is 14.1. The molecule has 0 N–H and O–H groups in total. The summed E-state index contributed by atoms with van der Waals surface area (Å²) < 4.78 is 1.22. The Morgan fingerprint density at radius 2 is 2.00 bits per heavy atom. The van der Waals surface area contributed by atoms with Crippen molar-refractivity contribution < 1.29 is 4.79 Å². The van der Waals surface area contributed by atoms with Gasteiger partial charge in [-0.05, 0) is 17.3 Å². The van der Waals surface area contributed by atoms with E-state index in [1.807, 2.05) is 7.05 Å². The van der Waals surface area contributed by atoms with Gasteiger partial charge >= 0.3 is 0 Å². The van der Waals surface area contributed by atoms with Crippen molar-refractivity contribution in [2.75, 3.05) is 18.0 Å². The topological polar surface area (TPSA) is 20.3 Å². The van der Waals surface area contributed by atoms with Crippen LogP contribution in [0.4, 0.5) is 0 Å². The molecule has 3 heteroatoms. The maximum absolute atomic E-state index is 10.7. The first-order valence-electron chi connectivity index (χ1n) is 3.96. The molecule has 0 fully saturated rings. The lowest BCUT2D eigenvalue weighted by Gasteiger charge is -2.13. The number of carbonyl (C=O) groups is 1. The zero-order chi connectivity index (χ0) is 8.69. The minimum Gasteiger partial charge on any atom is -0.346 e. The average molecular weight is 269 g/mol. The van der Waals surface area contributed by atoms with E-state index in [4.69, 9.17) is 0 Å². The van der Waals surface area contributed by atoms with Crippen molar-refractivity contribution >= 4 is 28.5 Å². The van der Waals surface area contributed by atoms with Crippen molar-refractivity contribution in [1.29, 1.82) is 0 Å². The van der Waals surface area contributed by atoms with Crippen LogP contribution in [0.3, 0.4) is 0 Å². The number of hydrogen-bond donors (Lipinski definition) is 0. The van der Waals surface area contributed by atoms with E-state index in [-0.39, 0.29) is 5.91 Å². The Morgan fingerprint density at radius 1 is 1.36 bits per heavy atom. The van der Waals surface area contributed by atoms with Crippen molar-refractivity contribution in [3.8, 4) is 0 Å². The Bertz CT molecular complexity index is 117. The molecule has 0 heterocycles. The first-order valence-corrected chi connectivity index (χ1v) is 5.48. The first kappa shape index (κ1) is 11.2. The lowest BCUT2D eigenvalue weighted by molar-refractivity contribution is -0.127. The minimum absolute atomic E-state index is 0.166. The lowest BCUT2D eigenvalue weighted by Crippen LogP contribution is -2.24. The van der Waals surface area contributed by atoms with Crippen molar-refractivity contribution in [3.63, 3.8) is 0 Å². The molecule has 0 aromatic rings. The minimum atomic E-state index is 0.166. The van der Waals surface area contributed by atoms with Gasteiger partial charge in [-0.25, -0.2) is 0 Å². The second kappa shape index (κ2) is 6.88. The first-order chi connectivity index (χ1) is 5.18. The van der Waals surface area contributed by atoms with E-state index in [9.17, 15) is 4.79 Å². The van der Waals surface area contributed by atoms with E-state index in [1.165, 1.54) is 17.3 Å². The van der Waals surface area contributed by atoms with Gasteiger partial charge in [0.15, 0.2) is 0 Å². The van der Waals surface area contributed by atoms with Crippen LogP contribution < -0.4 is 0 Å². The van der Waals surface area contributed by atoms with Crippen molar-refractivity contribution in [1.82, 2.24) is 4.90 Å². The third kappa shape index (κ3) is 6.59. The van der Waals surface area contributed by atoms with Gasteiger partial charge in [0.1, 0.15) is 0 Å². The zero-order valence-corrected chi connectivity index (χ0v) is 9.43. The average Bonchev–Trinajstić information content (AvgIpc) is 1.97. The molecule has 0 unspecified atom stereocenters. The standard InChI is InChI=1S/C8H16INO/c1-8(11)10(2)7-5-3-4-6-9/h3-7H2,1-2H3. The van der Waals surface area contributed by atoms with Crippen LogP contribution in [0.5, 0.6) is 0 Å². The van der Waals surface area contributed by atoms with Crippen LogP contribution in [-0.4, -0.2) is 28.8 Å². The molecule has 66 valence electrons. The van der Waals surface area contributed by atoms with E-state index in [0.717, 1.165) is 13.0 Å². The molecule has 0 rings (SSSR count). The molecular formula is C8H16INO. The molecule has 11 heavy (non-hydrogen) atoms. The fraction of sp³-hybridized carbons (Fsp3) is 0.875. The van der Waals surface area contributed by atoms with Crippen LogP contribution in [-0.2, 0) is 4.79 Å². The molecule has 0 radical (unpaired) electrons. The Labute approximate surface area is 82.5 Å². The van der Waals surface area contributed by atoms with Crippen LogP contribution in [0, 0.1) is 0 Å². The molecular weight excluding hydrogens is 253 g/mol. The maximum atomic E-state index is 10.7. The van der Waals surface area contributed by atoms with Gasteiger partial charge in [0.2, 0.25) is 5.91 Å². The fourth-order valence-corrected chi connectivity index (χ4v) is 1.32. The van der Waals surface area contributed by atoms with Gasteiger partial charge in [-0.3, -0.25) is 4.79 Å². The Balaban J connectivity index is 3.17. The highest BCUT2D eigenvalue weighted by atomic mass is 127. The number of nitrogens with zero attached hydrogens (tertiary/aromatic N) is 1. The van der Waals surface area contributed by atoms with E-state index in [1.54, 1.807) is 11.8 Å². The molecule has 0 aromatic carbocycles. The highest BCUT2D eigenvalue weighted by Crippen LogP contribution is 1.99. The molecule has 0 aliphatic carbocycles. The number of halogens is 1. The number of amides is 1. The molecule has 0 spiro atoms. The van der Waals surface area contributed by atoms with Crippen molar-refractivity contribution in [3.05, 3.63) is 0 Å². The second-order valence-corrected chi connectivity index (χ2v) is 3.77. The molecule has 0 saturated carbocycles. The van der Waals surface area contributed by atoms with Crippen molar-refractivity contribution in [2.24, 2.45) is 0 Å².